The van der Waals surface area contributed by atoms with Crippen LogP contribution in [0.2, 0.25) is 0 Å². The minimum Gasteiger partial charge on any atom is -0.480 e. The molecular formula is C26H34N4O5S. The molecule has 2 aromatic carbocycles. The van der Waals surface area contributed by atoms with E-state index in [-0.39, 0.29) is 18.2 Å². The summed E-state index contributed by atoms with van der Waals surface area (Å²) >= 11 is 0. The first-order valence-corrected chi connectivity index (χ1v) is 14.2. The third kappa shape index (κ3) is 6.24. The summed E-state index contributed by atoms with van der Waals surface area (Å²) in [5.74, 6) is -1.32. The molecule has 0 bridgehead atoms. The van der Waals surface area contributed by atoms with Crippen molar-refractivity contribution in [2.24, 2.45) is 0 Å². The van der Waals surface area contributed by atoms with E-state index in [1.807, 2.05) is 13.0 Å². The number of sulfonamides is 1. The number of rotatable bonds is 10. The number of carboxylic acid groups (broad SMARTS) is 1. The fourth-order valence-electron chi connectivity index (χ4n) is 4.68. The topological polar surface area (TPSA) is 119 Å². The molecule has 4 rings (SSSR count). The summed E-state index contributed by atoms with van der Waals surface area (Å²) < 4.78 is 26.7. The van der Waals surface area contributed by atoms with Gasteiger partial charge in [-0.2, -0.15) is 0 Å². The van der Waals surface area contributed by atoms with E-state index >= 15 is 0 Å². The van der Waals surface area contributed by atoms with E-state index in [0.29, 0.717) is 31.5 Å². The van der Waals surface area contributed by atoms with Crippen LogP contribution < -0.4 is 19.8 Å². The summed E-state index contributed by atoms with van der Waals surface area (Å²) in [6.07, 6.45) is 3.13. The lowest BCUT2D eigenvalue weighted by molar-refractivity contribution is -0.138. The number of urea groups is 1. The van der Waals surface area contributed by atoms with Crippen molar-refractivity contribution in [3.63, 3.8) is 0 Å². The number of carboxylic acids is 1. The van der Waals surface area contributed by atoms with Crippen LogP contribution >= 0.6 is 0 Å². The summed E-state index contributed by atoms with van der Waals surface area (Å²) in [5, 5.41) is 12.9. The zero-order valence-electron chi connectivity index (χ0n) is 20.6. The number of hydrogen-bond donors (Lipinski definition) is 3. The van der Waals surface area contributed by atoms with Crippen LogP contribution in [-0.4, -0.2) is 63.5 Å². The highest BCUT2D eigenvalue weighted by Crippen LogP contribution is 2.28. The first-order valence-electron chi connectivity index (χ1n) is 12.5. The Morgan fingerprint density at radius 1 is 1.03 bits per heavy atom. The second-order valence-electron chi connectivity index (χ2n) is 9.34. The second kappa shape index (κ2) is 11.4. The molecule has 0 aliphatic carbocycles. The zero-order chi connectivity index (χ0) is 25.7. The van der Waals surface area contributed by atoms with Gasteiger partial charge in [-0.25, -0.2) is 17.9 Å². The average Bonchev–Trinajstić information content (AvgIpc) is 3.08. The fourth-order valence-corrected chi connectivity index (χ4v) is 6.09. The molecule has 9 nitrogen and oxygen atoms in total. The number of carbonyl (C=O) groups is 2. The Kier molecular flexibility index (Phi) is 8.28. The van der Waals surface area contributed by atoms with Crippen LogP contribution in [0.3, 0.4) is 0 Å². The number of unbranched alkanes of at least 4 members (excludes halogenated alkanes) is 1. The van der Waals surface area contributed by atoms with Crippen molar-refractivity contribution in [2.45, 2.75) is 45.1 Å². The maximum atomic E-state index is 13.2. The van der Waals surface area contributed by atoms with Crippen LogP contribution in [0.1, 0.15) is 36.5 Å². The largest absolute Gasteiger partial charge is 0.480 e. The van der Waals surface area contributed by atoms with Crippen molar-refractivity contribution in [3.05, 3.63) is 59.2 Å². The van der Waals surface area contributed by atoms with Crippen molar-refractivity contribution >= 4 is 33.4 Å². The molecule has 0 saturated carbocycles. The fraction of sp³-hybridized carbons (Fsp3) is 0.462. The lowest BCUT2D eigenvalue weighted by atomic mass is 10.0. The third-order valence-electron chi connectivity index (χ3n) is 6.73. The van der Waals surface area contributed by atoms with Gasteiger partial charge in [0, 0.05) is 24.5 Å². The first kappa shape index (κ1) is 26.1. The quantitative estimate of drug-likeness (QED) is 0.448. The van der Waals surface area contributed by atoms with Crippen LogP contribution in [0, 0.1) is 0 Å². The van der Waals surface area contributed by atoms with Crippen molar-refractivity contribution in [3.8, 4) is 0 Å². The number of nitrogens with one attached hydrogen (secondary N) is 2. The average molecular weight is 515 g/mol. The van der Waals surface area contributed by atoms with Gasteiger partial charge in [0.25, 0.3) is 0 Å². The van der Waals surface area contributed by atoms with E-state index < -0.39 is 22.0 Å². The number of hydrogen-bond acceptors (Lipinski definition) is 5. The number of aliphatic carboxylic acids is 1. The summed E-state index contributed by atoms with van der Waals surface area (Å²) in [4.78, 5) is 28.4. The number of amides is 2. The minimum atomic E-state index is -3.67. The van der Waals surface area contributed by atoms with Crippen molar-refractivity contribution in [1.82, 2.24) is 10.0 Å². The van der Waals surface area contributed by atoms with E-state index in [1.165, 1.54) is 11.1 Å². The SMILES string of the molecule is CCCCS(=O)(=O)NC(Cc1ccc(N2CCN(c3ccc4c(c3)CCNCC4)C2=O)cc1)C(=O)O. The van der Waals surface area contributed by atoms with Crippen molar-refractivity contribution in [2.75, 3.05) is 41.7 Å². The predicted molar refractivity (Wildman–Crippen MR) is 140 cm³/mol. The van der Waals surface area contributed by atoms with Gasteiger partial charge in [0.1, 0.15) is 6.04 Å². The zero-order valence-corrected chi connectivity index (χ0v) is 21.4. The van der Waals surface area contributed by atoms with Gasteiger partial charge in [-0.15, -0.1) is 0 Å². The Morgan fingerprint density at radius 3 is 2.33 bits per heavy atom. The molecule has 2 aliphatic rings. The van der Waals surface area contributed by atoms with Crippen LogP contribution in [-0.2, 0) is 34.1 Å². The molecule has 36 heavy (non-hydrogen) atoms. The van der Waals surface area contributed by atoms with Crippen molar-refractivity contribution < 1.29 is 23.1 Å². The molecule has 1 atom stereocenters. The molecule has 194 valence electrons. The smallest absolute Gasteiger partial charge is 0.329 e. The van der Waals surface area contributed by atoms with E-state index in [9.17, 15) is 23.1 Å². The predicted octanol–water partition coefficient (Wildman–Crippen LogP) is 2.54. The maximum absolute atomic E-state index is 13.2. The minimum absolute atomic E-state index is 0.0189. The first-order chi connectivity index (χ1) is 17.3. The van der Waals surface area contributed by atoms with E-state index in [1.54, 1.807) is 34.1 Å². The molecule has 0 aromatic heterocycles. The lowest BCUT2D eigenvalue weighted by Crippen LogP contribution is -2.43. The molecule has 3 N–H and O–H groups in total. The summed E-state index contributed by atoms with van der Waals surface area (Å²) in [6, 6.07) is 12.0. The van der Waals surface area contributed by atoms with Crippen LogP contribution in [0.25, 0.3) is 0 Å². The molecule has 2 aliphatic heterocycles. The molecule has 0 radical (unpaired) electrons. The van der Waals surface area contributed by atoms with Crippen LogP contribution in [0.15, 0.2) is 42.5 Å². The van der Waals surface area contributed by atoms with Gasteiger partial charge in [0.15, 0.2) is 0 Å². The van der Waals surface area contributed by atoms with E-state index in [2.05, 4.69) is 22.2 Å². The van der Waals surface area contributed by atoms with Gasteiger partial charge < -0.3 is 10.4 Å². The normalized spacial score (nSPS) is 17.1. The van der Waals surface area contributed by atoms with Crippen LogP contribution in [0.4, 0.5) is 16.2 Å². The maximum Gasteiger partial charge on any atom is 0.329 e. The molecule has 1 fully saturated rings. The van der Waals surface area contributed by atoms with Gasteiger partial charge in [0.2, 0.25) is 10.0 Å². The Morgan fingerprint density at radius 2 is 1.67 bits per heavy atom. The Balaban J connectivity index is 1.42. The number of carbonyl (C=O) groups excluding carboxylic acids is 1. The molecule has 2 aromatic rings. The molecular weight excluding hydrogens is 480 g/mol. The highest BCUT2D eigenvalue weighted by atomic mass is 32.2. The Labute approximate surface area is 212 Å². The molecule has 1 saturated heterocycles. The highest BCUT2D eigenvalue weighted by Gasteiger charge is 2.31. The summed E-state index contributed by atoms with van der Waals surface area (Å²) in [7, 11) is -3.67. The Bertz CT molecular complexity index is 1200. The standard InChI is InChI=1S/C26H34N4O5S/c1-2-3-16-36(34,35)28-24(25(31)32)17-19-4-7-22(8-5-19)29-14-15-30(26(29)33)23-9-6-20-10-12-27-13-11-21(20)18-23/h4-9,18,24,27-28H,2-3,10-17H2,1H3,(H,31,32). The molecule has 10 heteroatoms. The highest BCUT2D eigenvalue weighted by molar-refractivity contribution is 7.89. The number of anilines is 2. The molecule has 2 heterocycles. The monoisotopic (exact) mass is 514 g/mol. The number of benzene rings is 2. The lowest BCUT2D eigenvalue weighted by Gasteiger charge is -2.20. The molecule has 2 amide bonds. The molecule has 0 spiro atoms. The van der Waals surface area contributed by atoms with Gasteiger partial charge in [0.05, 0.1) is 5.75 Å². The second-order valence-corrected chi connectivity index (χ2v) is 11.2. The summed E-state index contributed by atoms with van der Waals surface area (Å²) in [5.41, 5.74) is 4.91. The van der Waals surface area contributed by atoms with Gasteiger partial charge >= 0.3 is 12.0 Å². The van der Waals surface area contributed by atoms with Gasteiger partial charge in [-0.3, -0.25) is 14.6 Å². The Hall–Kier alpha value is -2.95. The number of nitrogens with zero attached hydrogens (tertiary/aromatic N) is 2. The van der Waals surface area contributed by atoms with Gasteiger partial charge in [-0.1, -0.05) is 31.5 Å². The van der Waals surface area contributed by atoms with Gasteiger partial charge in [-0.05, 0) is 79.7 Å². The molecule has 1 unspecified atom stereocenters. The van der Waals surface area contributed by atoms with Crippen LogP contribution in [0.5, 0.6) is 0 Å². The summed E-state index contributed by atoms with van der Waals surface area (Å²) in [6.45, 7) is 4.91. The van der Waals surface area contributed by atoms with Crippen molar-refractivity contribution in [1.29, 1.82) is 0 Å². The van der Waals surface area contributed by atoms with E-state index in [4.69, 9.17) is 0 Å². The number of fused-ring (bicyclic) bond motifs is 1. The third-order valence-corrected chi connectivity index (χ3v) is 8.20. The van der Waals surface area contributed by atoms with E-state index in [0.717, 1.165) is 37.3 Å².